The van der Waals surface area contributed by atoms with Crippen LogP contribution in [-0.4, -0.2) is 47.9 Å². The van der Waals surface area contributed by atoms with Crippen molar-refractivity contribution in [3.05, 3.63) is 35.2 Å². The fourth-order valence-corrected chi connectivity index (χ4v) is 5.00. The Labute approximate surface area is 197 Å². The average molecular weight is 501 g/mol. The van der Waals surface area contributed by atoms with E-state index in [-0.39, 0.29) is 11.6 Å². The van der Waals surface area contributed by atoms with Crippen LogP contribution < -0.4 is 0 Å². The average Bonchev–Trinajstić information content (AvgIpc) is 3.03. The molecule has 0 bridgehead atoms. The lowest BCUT2D eigenvalue weighted by atomic mass is 10.2. The normalized spacial score (nSPS) is 12.3. The number of hydrogen-bond donors (Lipinski definition) is 0. The van der Waals surface area contributed by atoms with Gasteiger partial charge in [-0.1, -0.05) is 17.8 Å². The SMILES string of the molecule is CC(C)(C)OC(=O)N(Cc1ccc(Sc2cccc(S(C)(=O)=O)n2)s1)C(=O)OC(C)(C)C. The van der Waals surface area contributed by atoms with Crippen molar-refractivity contribution in [2.45, 2.75) is 73.6 Å². The van der Waals surface area contributed by atoms with E-state index in [1.165, 1.54) is 29.2 Å². The highest BCUT2D eigenvalue weighted by atomic mass is 32.2. The van der Waals surface area contributed by atoms with Gasteiger partial charge in [-0.05, 0) is 65.8 Å². The smallest absolute Gasteiger partial charge is 0.420 e. The molecule has 2 aromatic heterocycles. The molecule has 0 unspecified atom stereocenters. The Morgan fingerprint density at radius 3 is 2.06 bits per heavy atom. The summed E-state index contributed by atoms with van der Waals surface area (Å²) in [6.07, 6.45) is -0.483. The molecule has 0 spiro atoms. The number of pyridine rings is 1. The van der Waals surface area contributed by atoms with Crippen molar-refractivity contribution in [3.63, 3.8) is 0 Å². The van der Waals surface area contributed by atoms with Crippen LogP contribution in [0, 0.1) is 0 Å². The summed E-state index contributed by atoms with van der Waals surface area (Å²) in [5.74, 6) is 0. The van der Waals surface area contributed by atoms with Gasteiger partial charge in [-0.3, -0.25) is 0 Å². The number of thiophene rings is 1. The molecule has 0 saturated heterocycles. The van der Waals surface area contributed by atoms with E-state index < -0.39 is 33.2 Å². The van der Waals surface area contributed by atoms with Crippen LogP contribution in [0.3, 0.4) is 0 Å². The van der Waals surface area contributed by atoms with Gasteiger partial charge in [0.2, 0.25) is 0 Å². The van der Waals surface area contributed by atoms with Crippen LogP contribution in [-0.2, 0) is 25.9 Å². The quantitative estimate of drug-likeness (QED) is 0.540. The predicted octanol–water partition coefficient (Wildman–Crippen LogP) is 5.37. The van der Waals surface area contributed by atoms with Gasteiger partial charge in [0.15, 0.2) is 14.9 Å². The van der Waals surface area contributed by atoms with Gasteiger partial charge < -0.3 is 9.47 Å². The molecule has 0 atom stereocenters. The number of imide groups is 1. The van der Waals surface area contributed by atoms with Crippen LogP contribution >= 0.6 is 23.1 Å². The molecule has 0 aliphatic carbocycles. The molecular formula is C21H28N2O6S3. The molecule has 0 aromatic carbocycles. The topological polar surface area (TPSA) is 103 Å². The van der Waals surface area contributed by atoms with Crippen molar-refractivity contribution in [1.82, 2.24) is 9.88 Å². The van der Waals surface area contributed by atoms with Crippen LogP contribution in [0.25, 0.3) is 0 Å². The summed E-state index contributed by atoms with van der Waals surface area (Å²) in [6, 6.07) is 8.40. The number of amides is 2. The van der Waals surface area contributed by atoms with Crippen molar-refractivity contribution in [1.29, 1.82) is 0 Å². The van der Waals surface area contributed by atoms with Crippen LogP contribution in [0.2, 0.25) is 0 Å². The molecule has 2 heterocycles. The molecule has 11 heteroatoms. The lowest BCUT2D eigenvalue weighted by molar-refractivity contribution is -0.0000576. The Morgan fingerprint density at radius 2 is 1.56 bits per heavy atom. The summed E-state index contributed by atoms with van der Waals surface area (Å²) in [6.45, 7) is 10.3. The van der Waals surface area contributed by atoms with E-state index in [9.17, 15) is 18.0 Å². The second-order valence-electron chi connectivity index (χ2n) is 8.96. The Kier molecular flexibility index (Phi) is 8.01. The molecule has 0 N–H and O–H groups in total. The summed E-state index contributed by atoms with van der Waals surface area (Å²) in [5.41, 5.74) is -1.55. The van der Waals surface area contributed by atoms with E-state index in [0.717, 1.165) is 20.2 Å². The zero-order valence-corrected chi connectivity index (χ0v) is 21.6. The Bertz CT molecular complexity index is 1050. The van der Waals surface area contributed by atoms with Crippen LogP contribution in [0.4, 0.5) is 9.59 Å². The number of carbonyl (C=O) groups excluding carboxylic acids is 2. The lowest BCUT2D eigenvalue weighted by Crippen LogP contribution is -2.43. The highest BCUT2D eigenvalue weighted by molar-refractivity contribution is 8.01. The summed E-state index contributed by atoms with van der Waals surface area (Å²) < 4.78 is 35.0. The van der Waals surface area contributed by atoms with Crippen molar-refractivity contribution < 1.29 is 27.5 Å². The number of sulfone groups is 1. The lowest BCUT2D eigenvalue weighted by Gasteiger charge is -2.28. The van der Waals surface area contributed by atoms with Gasteiger partial charge >= 0.3 is 12.2 Å². The molecular weight excluding hydrogens is 472 g/mol. The Hall–Kier alpha value is -2.11. The fraction of sp³-hybridized carbons (Fsp3) is 0.476. The van der Waals surface area contributed by atoms with E-state index in [1.807, 2.05) is 6.07 Å². The third kappa shape index (κ3) is 8.44. The van der Waals surface area contributed by atoms with Crippen LogP contribution in [0.1, 0.15) is 46.4 Å². The third-order valence-corrected chi connectivity index (χ3v) is 6.59. The molecule has 8 nitrogen and oxygen atoms in total. The number of rotatable bonds is 5. The fourth-order valence-electron chi connectivity index (χ4n) is 2.25. The zero-order chi connectivity index (χ0) is 24.3. The van der Waals surface area contributed by atoms with Gasteiger partial charge in [0.25, 0.3) is 0 Å². The van der Waals surface area contributed by atoms with Crippen LogP contribution in [0.15, 0.2) is 44.6 Å². The molecule has 0 radical (unpaired) electrons. The minimum Gasteiger partial charge on any atom is -0.443 e. The number of carbonyl (C=O) groups is 2. The maximum atomic E-state index is 12.7. The molecule has 0 saturated carbocycles. The first-order chi connectivity index (χ1) is 14.5. The summed E-state index contributed by atoms with van der Waals surface area (Å²) >= 11 is 2.65. The van der Waals surface area contributed by atoms with Crippen molar-refractivity contribution in [3.8, 4) is 0 Å². The first kappa shape index (κ1) is 26.1. The predicted molar refractivity (Wildman–Crippen MR) is 124 cm³/mol. The van der Waals surface area contributed by atoms with Crippen LogP contribution in [0.5, 0.6) is 0 Å². The second-order valence-corrected chi connectivity index (χ2v) is 13.4. The minimum atomic E-state index is -3.41. The van der Waals surface area contributed by atoms with Gasteiger partial charge in [0, 0.05) is 11.1 Å². The van der Waals surface area contributed by atoms with E-state index in [2.05, 4.69) is 4.98 Å². The number of aromatic nitrogens is 1. The number of ether oxygens (including phenoxy) is 2. The van der Waals surface area contributed by atoms with Gasteiger partial charge in [0.1, 0.15) is 16.2 Å². The molecule has 2 aromatic rings. The number of hydrogen-bond acceptors (Lipinski definition) is 9. The first-order valence-corrected chi connectivity index (χ1v) is 13.2. The summed E-state index contributed by atoms with van der Waals surface area (Å²) in [5, 5.41) is 0.526. The largest absolute Gasteiger partial charge is 0.443 e. The molecule has 2 rings (SSSR count). The van der Waals surface area contributed by atoms with Crippen molar-refractivity contribution >= 4 is 45.1 Å². The monoisotopic (exact) mass is 500 g/mol. The third-order valence-electron chi connectivity index (χ3n) is 3.46. The maximum absolute atomic E-state index is 12.7. The maximum Gasteiger partial charge on any atom is 0.420 e. The summed E-state index contributed by atoms with van der Waals surface area (Å²) in [4.78, 5) is 31.1. The number of nitrogens with zero attached hydrogens (tertiary/aromatic N) is 2. The minimum absolute atomic E-state index is 0.000283. The van der Waals surface area contributed by atoms with E-state index >= 15 is 0 Å². The van der Waals surface area contributed by atoms with Crippen molar-refractivity contribution in [2.75, 3.05) is 6.26 Å². The molecule has 0 aliphatic rings. The van der Waals surface area contributed by atoms with Crippen molar-refractivity contribution in [2.24, 2.45) is 0 Å². The highest BCUT2D eigenvalue weighted by Gasteiger charge is 2.31. The second kappa shape index (κ2) is 9.80. The molecule has 0 fully saturated rings. The molecule has 2 amide bonds. The van der Waals surface area contributed by atoms with Gasteiger partial charge in [-0.25, -0.2) is 27.9 Å². The summed E-state index contributed by atoms with van der Waals surface area (Å²) in [7, 11) is -3.41. The molecule has 32 heavy (non-hydrogen) atoms. The Morgan fingerprint density at radius 1 is 1.00 bits per heavy atom. The Balaban J connectivity index is 2.21. The van der Waals surface area contributed by atoms with E-state index in [0.29, 0.717) is 5.03 Å². The highest BCUT2D eigenvalue weighted by Crippen LogP contribution is 2.33. The first-order valence-electron chi connectivity index (χ1n) is 9.71. The standard InChI is InChI=1S/C21H28N2O6S3/c1-20(2,3)28-18(24)23(19(25)29-21(4,5)6)13-14-11-12-17(30-14)31-15-9-8-10-16(22-15)32(7,26)27/h8-12H,13H2,1-7H3. The zero-order valence-electron chi connectivity index (χ0n) is 19.2. The molecule has 0 aliphatic heterocycles. The van der Waals surface area contributed by atoms with Gasteiger partial charge in [0.05, 0.1) is 10.8 Å². The molecule has 176 valence electrons. The van der Waals surface area contributed by atoms with Gasteiger partial charge in [-0.2, -0.15) is 0 Å². The van der Waals surface area contributed by atoms with E-state index in [1.54, 1.807) is 59.7 Å². The van der Waals surface area contributed by atoms with E-state index in [4.69, 9.17) is 9.47 Å². The van der Waals surface area contributed by atoms with Gasteiger partial charge in [-0.15, -0.1) is 11.3 Å².